The van der Waals surface area contributed by atoms with Gasteiger partial charge in [0.15, 0.2) is 11.9 Å². The van der Waals surface area contributed by atoms with Crippen molar-refractivity contribution in [1.82, 2.24) is 24.8 Å². The van der Waals surface area contributed by atoms with Crippen molar-refractivity contribution in [2.45, 2.75) is 45.8 Å². The first kappa shape index (κ1) is 16.6. The fourth-order valence-corrected chi connectivity index (χ4v) is 2.92. The van der Waals surface area contributed by atoms with E-state index in [1.165, 1.54) is 0 Å². The summed E-state index contributed by atoms with van der Waals surface area (Å²) in [5.41, 5.74) is 2.20. The van der Waals surface area contributed by atoms with Gasteiger partial charge in [-0.05, 0) is 32.8 Å². The van der Waals surface area contributed by atoms with Crippen molar-refractivity contribution in [2.24, 2.45) is 7.05 Å². The highest BCUT2D eigenvalue weighted by molar-refractivity contribution is 5.76. The Kier molecular flexibility index (Phi) is 4.66. The highest BCUT2D eigenvalue weighted by Crippen LogP contribution is 2.24. The molecule has 0 unspecified atom stereocenters. The lowest BCUT2D eigenvalue weighted by Crippen LogP contribution is -2.46. The Bertz CT molecular complexity index is 723. The average molecular weight is 333 g/mol. The first-order valence-corrected chi connectivity index (χ1v) is 8.15. The summed E-state index contributed by atoms with van der Waals surface area (Å²) in [6, 6.07) is 0. The number of rotatable bonds is 4. The standard InChI is InChI=1S/C16H23N5O3/c1-10-8-21(9-14(23-10)16-18-12(3)19-24-16)15(22)6-5-13-7-17-20(4)11(13)2/h7,10,14H,5-6,8-9H2,1-4H3/t10-,14-/m1/s1. The maximum Gasteiger partial charge on any atom is 0.257 e. The van der Waals surface area contributed by atoms with Crippen LogP contribution in [0.25, 0.3) is 0 Å². The Morgan fingerprint density at radius 3 is 2.79 bits per heavy atom. The van der Waals surface area contributed by atoms with E-state index in [-0.39, 0.29) is 18.1 Å². The first-order chi connectivity index (χ1) is 11.4. The fraction of sp³-hybridized carbons (Fsp3) is 0.625. The van der Waals surface area contributed by atoms with Gasteiger partial charge in [-0.2, -0.15) is 10.1 Å². The molecule has 3 rings (SSSR count). The number of morpholine rings is 1. The van der Waals surface area contributed by atoms with Gasteiger partial charge in [0, 0.05) is 25.7 Å². The molecule has 1 amide bonds. The van der Waals surface area contributed by atoms with Crippen LogP contribution in [0.15, 0.2) is 10.7 Å². The fourth-order valence-electron chi connectivity index (χ4n) is 2.92. The summed E-state index contributed by atoms with van der Waals surface area (Å²) in [5.74, 6) is 1.10. The van der Waals surface area contributed by atoms with Crippen LogP contribution in [0.2, 0.25) is 0 Å². The first-order valence-electron chi connectivity index (χ1n) is 8.15. The summed E-state index contributed by atoms with van der Waals surface area (Å²) < 4.78 is 12.9. The van der Waals surface area contributed by atoms with Crippen LogP contribution < -0.4 is 0 Å². The highest BCUT2D eigenvalue weighted by atomic mass is 16.5. The van der Waals surface area contributed by atoms with Crippen LogP contribution in [-0.2, 0) is 23.0 Å². The van der Waals surface area contributed by atoms with Crippen LogP contribution in [0.5, 0.6) is 0 Å². The smallest absolute Gasteiger partial charge is 0.257 e. The van der Waals surface area contributed by atoms with Gasteiger partial charge < -0.3 is 14.2 Å². The lowest BCUT2D eigenvalue weighted by molar-refractivity contribution is -0.146. The van der Waals surface area contributed by atoms with Crippen LogP contribution in [-0.4, -0.2) is 49.9 Å². The molecule has 0 N–H and O–H groups in total. The molecule has 2 atom stereocenters. The van der Waals surface area contributed by atoms with Gasteiger partial charge in [-0.15, -0.1) is 0 Å². The van der Waals surface area contributed by atoms with E-state index in [2.05, 4.69) is 15.2 Å². The average Bonchev–Trinajstić information content (AvgIpc) is 3.12. The SMILES string of the molecule is Cc1noc([C@H]2CN(C(=O)CCc3cnn(C)c3C)C[C@@H](C)O2)n1. The molecule has 2 aromatic rings. The molecule has 2 aromatic heterocycles. The molecular formula is C16H23N5O3. The second-order valence-corrected chi connectivity index (χ2v) is 6.29. The number of hydrogen-bond donors (Lipinski definition) is 0. The monoisotopic (exact) mass is 333 g/mol. The minimum absolute atomic E-state index is 0.0694. The van der Waals surface area contributed by atoms with Crippen LogP contribution in [0.4, 0.5) is 0 Å². The zero-order valence-corrected chi connectivity index (χ0v) is 14.5. The number of carbonyl (C=O) groups is 1. The van der Waals surface area contributed by atoms with Gasteiger partial charge in [0.05, 0.1) is 18.8 Å². The second-order valence-electron chi connectivity index (χ2n) is 6.29. The van der Waals surface area contributed by atoms with Crippen LogP contribution in [0, 0.1) is 13.8 Å². The number of nitrogens with zero attached hydrogens (tertiary/aromatic N) is 5. The predicted octanol–water partition coefficient (Wildman–Crippen LogP) is 1.34. The van der Waals surface area contributed by atoms with Crippen molar-refractivity contribution in [3.63, 3.8) is 0 Å². The van der Waals surface area contributed by atoms with Crippen molar-refractivity contribution in [3.05, 3.63) is 29.2 Å². The third kappa shape index (κ3) is 3.48. The van der Waals surface area contributed by atoms with Crippen LogP contribution in [0.3, 0.4) is 0 Å². The van der Waals surface area contributed by atoms with E-state index < -0.39 is 0 Å². The van der Waals surface area contributed by atoms with Crippen molar-refractivity contribution in [3.8, 4) is 0 Å². The molecule has 0 spiro atoms. The van der Waals surface area contributed by atoms with Crippen molar-refractivity contribution in [1.29, 1.82) is 0 Å². The Morgan fingerprint density at radius 2 is 2.17 bits per heavy atom. The number of aromatic nitrogens is 4. The van der Waals surface area contributed by atoms with E-state index in [4.69, 9.17) is 9.26 Å². The summed E-state index contributed by atoms with van der Waals surface area (Å²) in [6.07, 6.45) is 2.54. The third-order valence-corrected chi connectivity index (χ3v) is 4.38. The van der Waals surface area contributed by atoms with Crippen molar-refractivity contribution >= 4 is 5.91 Å². The maximum absolute atomic E-state index is 12.6. The van der Waals surface area contributed by atoms with E-state index in [1.807, 2.05) is 36.7 Å². The van der Waals surface area contributed by atoms with Crippen LogP contribution in [0.1, 0.15) is 42.4 Å². The number of aryl methyl sites for hydroxylation is 3. The predicted molar refractivity (Wildman–Crippen MR) is 85.2 cm³/mol. The van der Waals surface area contributed by atoms with E-state index in [0.717, 1.165) is 11.3 Å². The van der Waals surface area contributed by atoms with Gasteiger partial charge in [0.25, 0.3) is 5.89 Å². The number of amides is 1. The Morgan fingerprint density at radius 1 is 1.38 bits per heavy atom. The molecule has 24 heavy (non-hydrogen) atoms. The molecular weight excluding hydrogens is 310 g/mol. The van der Waals surface area contributed by atoms with E-state index >= 15 is 0 Å². The Balaban J connectivity index is 1.62. The Hall–Kier alpha value is -2.22. The molecule has 1 aliphatic rings. The molecule has 0 radical (unpaired) electrons. The maximum atomic E-state index is 12.6. The minimum Gasteiger partial charge on any atom is -0.362 e. The van der Waals surface area contributed by atoms with E-state index in [1.54, 1.807) is 6.92 Å². The van der Waals surface area contributed by atoms with Crippen LogP contribution >= 0.6 is 0 Å². The van der Waals surface area contributed by atoms with Gasteiger partial charge in [-0.1, -0.05) is 5.16 Å². The number of carbonyl (C=O) groups excluding carboxylic acids is 1. The van der Waals surface area contributed by atoms with Crippen molar-refractivity contribution < 1.29 is 14.1 Å². The summed E-state index contributed by atoms with van der Waals surface area (Å²) in [4.78, 5) is 18.6. The molecule has 8 nitrogen and oxygen atoms in total. The molecule has 8 heteroatoms. The van der Waals surface area contributed by atoms with Gasteiger partial charge in [-0.3, -0.25) is 9.48 Å². The molecule has 0 saturated carbocycles. The summed E-state index contributed by atoms with van der Waals surface area (Å²) in [6.45, 7) is 6.74. The second kappa shape index (κ2) is 6.72. The lowest BCUT2D eigenvalue weighted by Gasteiger charge is -2.35. The molecule has 1 saturated heterocycles. The van der Waals surface area contributed by atoms with Gasteiger partial charge >= 0.3 is 0 Å². The molecule has 130 valence electrons. The molecule has 0 bridgehead atoms. The van der Waals surface area contributed by atoms with E-state index in [9.17, 15) is 4.79 Å². The number of hydrogen-bond acceptors (Lipinski definition) is 6. The van der Waals surface area contributed by atoms with Crippen molar-refractivity contribution in [2.75, 3.05) is 13.1 Å². The summed E-state index contributed by atoms with van der Waals surface area (Å²) in [7, 11) is 1.90. The summed E-state index contributed by atoms with van der Waals surface area (Å²) >= 11 is 0. The molecule has 1 fully saturated rings. The summed E-state index contributed by atoms with van der Waals surface area (Å²) in [5, 5.41) is 8.01. The molecule has 0 aliphatic carbocycles. The minimum atomic E-state index is -0.362. The third-order valence-electron chi connectivity index (χ3n) is 4.38. The van der Waals surface area contributed by atoms with Gasteiger partial charge in [0.1, 0.15) is 0 Å². The lowest BCUT2D eigenvalue weighted by atomic mass is 10.1. The van der Waals surface area contributed by atoms with E-state index in [0.29, 0.717) is 37.6 Å². The highest BCUT2D eigenvalue weighted by Gasteiger charge is 2.32. The molecule has 3 heterocycles. The van der Waals surface area contributed by atoms with Gasteiger partial charge in [-0.25, -0.2) is 0 Å². The quantitative estimate of drug-likeness (QED) is 0.839. The topological polar surface area (TPSA) is 86.3 Å². The van der Waals surface area contributed by atoms with Gasteiger partial charge in [0.2, 0.25) is 5.91 Å². The molecule has 1 aliphatic heterocycles. The zero-order valence-electron chi connectivity index (χ0n) is 14.5. The molecule has 0 aromatic carbocycles. The Labute approximate surface area is 140 Å². The largest absolute Gasteiger partial charge is 0.362 e. The zero-order chi connectivity index (χ0) is 17.3. The number of ether oxygens (including phenoxy) is 1. The normalized spacial score (nSPS) is 21.2.